The molecule has 1 aromatic heterocycles. The highest BCUT2D eigenvalue weighted by molar-refractivity contribution is 6.36. The van der Waals surface area contributed by atoms with Crippen LogP contribution < -0.4 is 0 Å². The van der Waals surface area contributed by atoms with Gasteiger partial charge in [-0.2, -0.15) is 0 Å². The lowest BCUT2D eigenvalue weighted by molar-refractivity contribution is -0.138. The van der Waals surface area contributed by atoms with Gasteiger partial charge in [-0.3, -0.25) is 9.59 Å². The Bertz CT molecular complexity index is 1360. The number of amides is 1. The molecule has 0 unspecified atom stereocenters. The van der Waals surface area contributed by atoms with Crippen LogP contribution in [0.5, 0.6) is 0 Å². The zero-order valence-corrected chi connectivity index (χ0v) is 17.6. The number of aromatic amines is 1. The summed E-state index contributed by atoms with van der Waals surface area (Å²) < 4.78 is 0. The van der Waals surface area contributed by atoms with E-state index in [9.17, 15) is 14.7 Å². The summed E-state index contributed by atoms with van der Waals surface area (Å²) in [5, 5.41) is 11.4. The number of fused-ring (bicyclic) bond motifs is 2. The molecule has 5 nitrogen and oxygen atoms in total. The minimum atomic E-state index is -1.07. The molecule has 0 bridgehead atoms. The Balaban J connectivity index is 1.83. The summed E-state index contributed by atoms with van der Waals surface area (Å²) in [6.07, 6.45) is 0. The second kappa shape index (κ2) is 7.45. The largest absolute Gasteiger partial charge is 0.480 e. The molecule has 1 amide bonds. The number of hydrogen-bond donors (Lipinski definition) is 2. The summed E-state index contributed by atoms with van der Waals surface area (Å²) in [4.78, 5) is 29.6. The van der Waals surface area contributed by atoms with Gasteiger partial charge in [-0.05, 0) is 35.9 Å². The number of carbonyl (C=O) groups excluding carboxylic acids is 1. The number of H-pyrrole nitrogens is 1. The fourth-order valence-electron chi connectivity index (χ4n) is 4.34. The van der Waals surface area contributed by atoms with Crippen LogP contribution in [-0.2, 0) is 4.79 Å². The van der Waals surface area contributed by atoms with Crippen LogP contribution in [0.15, 0.2) is 66.7 Å². The molecule has 0 radical (unpaired) electrons. The van der Waals surface area contributed by atoms with Gasteiger partial charge in [0.25, 0.3) is 5.91 Å². The van der Waals surface area contributed by atoms with E-state index in [0.29, 0.717) is 15.6 Å². The molecule has 1 aliphatic rings. The summed E-state index contributed by atoms with van der Waals surface area (Å²) >= 11 is 12.6. The molecule has 1 aliphatic heterocycles. The molecule has 5 rings (SSSR count). The van der Waals surface area contributed by atoms with Gasteiger partial charge in [0.2, 0.25) is 0 Å². The maximum Gasteiger partial charge on any atom is 0.323 e. The SMILES string of the molecule is O=C(O)CN1C(=O)c2ccccc2[C@H]1c1c(-c2ccc(Cl)cc2Cl)[nH]c2ccccc12. The first-order valence-corrected chi connectivity index (χ1v) is 10.4. The number of halogens is 2. The fourth-order valence-corrected chi connectivity index (χ4v) is 4.85. The summed E-state index contributed by atoms with van der Waals surface area (Å²) in [6.45, 7) is -0.411. The molecular weight excluding hydrogens is 435 g/mol. The van der Waals surface area contributed by atoms with Crippen molar-refractivity contribution in [3.8, 4) is 11.3 Å². The molecule has 2 heterocycles. The van der Waals surface area contributed by atoms with Crippen LogP contribution >= 0.6 is 23.2 Å². The number of hydrogen-bond acceptors (Lipinski definition) is 2. The van der Waals surface area contributed by atoms with E-state index in [1.165, 1.54) is 4.90 Å². The minimum Gasteiger partial charge on any atom is -0.480 e. The molecule has 4 aromatic rings. The Morgan fingerprint density at radius 1 is 1.00 bits per heavy atom. The quantitative estimate of drug-likeness (QED) is 0.414. The number of carboxylic acids is 1. The van der Waals surface area contributed by atoms with Crippen LogP contribution in [0.3, 0.4) is 0 Å². The van der Waals surface area contributed by atoms with Crippen LogP contribution in [0.1, 0.15) is 27.5 Å². The van der Waals surface area contributed by atoms with Gasteiger partial charge in [0, 0.05) is 32.6 Å². The fraction of sp³-hybridized carbons (Fsp3) is 0.0833. The number of aliphatic carboxylic acids is 1. The third-order valence-corrected chi connectivity index (χ3v) is 6.13. The highest BCUT2D eigenvalue weighted by Gasteiger charge is 2.41. The summed E-state index contributed by atoms with van der Waals surface area (Å²) in [5.74, 6) is -1.38. The minimum absolute atomic E-state index is 0.304. The van der Waals surface area contributed by atoms with Gasteiger partial charge in [0.15, 0.2) is 0 Å². The van der Waals surface area contributed by atoms with E-state index < -0.39 is 18.6 Å². The first kappa shape index (κ1) is 19.7. The number of carbonyl (C=O) groups is 2. The summed E-state index contributed by atoms with van der Waals surface area (Å²) in [7, 11) is 0. The number of nitrogens with one attached hydrogen (secondary N) is 1. The smallest absolute Gasteiger partial charge is 0.323 e. The summed E-state index contributed by atoms with van der Waals surface area (Å²) in [5.41, 5.74) is 4.40. The van der Waals surface area contributed by atoms with Gasteiger partial charge in [-0.1, -0.05) is 59.6 Å². The van der Waals surface area contributed by atoms with Crippen LogP contribution in [0.4, 0.5) is 0 Å². The number of nitrogens with zero attached hydrogens (tertiary/aromatic N) is 1. The number of rotatable bonds is 4. The second-order valence-electron chi connectivity index (χ2n) is 7.40. The molecule has 154 valence electrons. The van der Waals surface area contributed by atoms with Gasteiger partial charge in [0.05, 0.1) is 16.8 Å². The summed E-state index contributed by atoms with van der Waals surface area (Å²) in [6, 6.07) is 19.6. The average molecular weight is 451 g/mol. The normalized spacial score (nSPS) is 15.5. The van der Waals surface area contributed by atoms with Crippen molar-refractivity contribution < 1.29 is 14.7 Å². The van der Waals surface area contributed by atoms with Crippen molar-refractivity contribution in [1.29, 1.82) is 0 Å². The molecule has 0 spiro atoms. The van der Waals surface area contributed by atoms with E-state index in [-0.39, 0.29) is 5.91 Å². The molecule has 0 saturated carbocycles. The van der Waals surface area contributed by atoms with Crippen LogP contribution in [0, 0.1) is 0 Å². The van der Waals surface area contributed by atoms with Crippen molar-refractivity contribution in [2.75, 3.05) is 6.54 Å². The highest BCUT2D eigenvalue weighted by Crippen LogP contribution is 2.46. The molecule has 7 heteroatoms. The standard InChI is InChI=1S/C24H16Cl2N2O3/c25-13-9-10-16(18(26)11-13)22-21(17-7-3-4-8-19(17)27-22)23-14-5-1-2-6-15(14)24(31)28(23)12-20(29)30/h1-11,23,27H,12H2,(H,29,30)/t23-/m0/s1. The number of aromatic nitrogens is 1. The van der Waals surface area contributed by atoms with E-state index in [4.69, 9.17) is 23.2 Å². The Kier molecular flexibility index (Phi) is 4.73. The van der Waals surface area contributed by atoms with E-state index in [0.717, 1.165) is 33.3 Å². The van der Waals surface area contributed by atoms with Gasteiger partial charge < -0.3 is 15.0 Å². The maximum atomic E-state index is 13.1. The number of carboxylic acid groups (broad SMARTS) is 1. The van der Waals surface area contributed by atoms with E-state index in [2.05, 4.69) is 4.98 Å². The van der Waals surface area contributed by atoms with E-state index in [1.807, 2.05) is 42.5 Å². The first-order valence-electron chi connectivity index (χ1n) is 9.63. The van der Waals surface area contributed by atoms with Crippen LogP contribution in [-0.4, -0.2) is 33.4 Å². The van der Waals surface area contributed by atoms with Crippen LogP contribution in [0.25, 0.3) is 22.2 Å². The van der Waals surface area contributed by atoms with Crippen molar-refractivity contribution >= 4 is 46.0 Å². The molecule has 2 N–H and O–H groups in total. The lowest BCUT2D eigenvalue weighted by Crippen LogP contribution is -2.34. The molecule has 31 heavy (non-hydrogen) atoms. The molecule has 0 saturated heterocycles. The van der Waals surface area contributed by atoms with Crippen molar-refractivity contribution in [1.82, 2.24) is 9.88 Å². The lowest BCUT2D eigenvalue weighted by atomic mass is 9.93. The lowest BCUT2D eigenvalue weighted by Gasteiger charge is -2.25. The van der Waals surface area contributed by atoms with Crippen molar-refractivity contribution in [3.63, 3.8) is 0 Å². The Morgan fingerprint density at radius 3 is 2.52 bits per heavy atom. The maximum absolute atomic E-state index is 13.1. The third-order valence-electron chi connectivity index (χ3n) is 5.58. The van der Waals surface area contributed by atoms with Crippen LogP contribution in [0.2, 0.25) is 10.0 Å². The molecule has 0 aliphatic carbocycles. The van der Waals surface area contributed by atoms with Gasteiger partial charge in [-0.15, -0.1) is 0 Å². The zero-order chi connectivity index (χ0) is 21.7. The zero-order valence-electron chi connectivity index (χ0n) is 16.1. The Labute approximate surface area is 187 Å². The molecule has 1 atom stereocenters. The predicted molar refractivity (Wildman–Crippen MR) is 121 cm³/mol. The molecule has 0 fully saturated rings. The van der Waals surface area contributed by atoms with Gasteiger partial charge in [0.1, 0.15) is 6.54 Å². The Morgan fingerprint density at radius 2 is 1.74 bits per heavy atom. The Hall–Kier alpha value is -3.28. The predicted octanol–water partition coefficient (Wildman–Crippen LogP) is 5.77. The molecule has 3 aromatic carbocycles. The van der Waals surface area contributed by atoms with E-state index in [1.54, 1.807) is 24.3 Å². The van der Waals surface area contributed by atoms with Crippen molar-refractivity contribution in [3.05, 3.63) is 93.5 Å². The number of para-hydroxylation sites is 1. The number of benzene rings is 3. The van der Waals surface area contributed by atoms with Crippen molar-refractivity contribution in [2.45, 2.75) is 6.04 Å². The topological polar surface area (TPSA) is 73.4 Å². The van der Waals surface area contributed by atoms with Crippen molar-refractivity contribution in [2.24, 2.45) is 0 Å². The van der Waals surface area contributed by atoms with Gasteiger partial charge >= 0.3 is 5.97 Å². The third kappa shape index (κ3) is 3.17. The van der Waals surface area contributed by atoms with Gasteiger partial charge in [-0.25, -0.2) is 0 Å². The average Bonchev–Trinajstić information content (AvgIpc) is 3.23. The second-order valence-corrected chi connectivity index (χ2v) is 8.24. The first-order chi connectivity index (χ1) is 15.0. The molecular formula is C24H16Cl2N2O3. The van der Waals surface area contributed by atoms with E-state index >= 15 is 0 Å². The monoisotopic (exact) mass is 450 g/mol. The highest BCUT2D eigenvalue weighted by atomic mass is 35.5.